The van der Waals surface area contributed by atoms with Gasteiger partial charge in [0.2, 0.25) is 0 Å². The minimum absolute atomic E-state index is 0.0998. The Labute approximate surface area is 150 Å². The van der Waals surface area contributed by atoms with Gasteiger partial charge in [0.25, 0.3) is 11.8 Å². The molecule has 1 fully saturated rings. The van der Waals surface area contributed by atoms with E-state index in [-0.39, 0.29) is 31.0 Å². The third-order valence-electron chi connectivity index (χ3n) is 4.91. The molecule has 6 nitrogen and oxygen atoms in total. The van der Waals surface area contributed by atoms with Crippen LogP contribution in [-0.2, 0) is 9.59 Å². The van der Waals surface area contributed by atoms with Gasteiger partial charge in [0, 0.05) is 25.9 Å². The number of likely N-dealkylation sites (tertiary alicyclic amines) is 1. The van der Waals surface area contributed by atoms with Crippen molar-refractivity contribution < 1.29 is 23.5 Å². The highest BCUT2D eigenvalue weighted by Crippen LogP contribution is 2.34. The van der Waals surface area contributed by atoms with Gasteiger partial charge in [-0.2, -0.15) is 5.10 Å². The number of amides is 1. The second kappa shape index (κ2) is 7.11. The Hall–Kier alpha value is -2.35. The second-order valence-corrected chi connectivity index (χ2v) is 6.70. The Bertz CT molecular complexity index is 724. The number of hydrogen-bond donors (Lipinski definition) is 1. The van der Waals surface area contributed by atoms with Crippen molar-refractivity contribution in [3.05, 3.63) is 30.3 Å². The first-order valence-electron chi connectivity index (χ1n) is 8.53. The highest BCUT2D eigenvalue weighted by atomic mass is 19.3. The molecule has 140 valence electrons. The zero-order valence-electron chi connectivity index (χ0n) is 14.4. The monoisotopic (exact) mass is 365 g/mol. The van der Waals surface area contributed by atoms with Crippen LogP contribution < -0.4 is 5.01 Å². The summed E-state index contributed by atoms with van der Waals surface area (Å²) in [5, 5.41) is 15.0. The molecule has 3 rings (SSSR count). The Kier molecular flexibility index (Phi) is 5.04. The normalized spacial score (nSPS) is 25.2. The van der Waals surface area contributed by atoms with E-state index in [0.29, 0.717) is 5.69 Å². The fourth-order valence-corrected chi connectivity index (χ4v) is 3.31. The van der Waals surface area contributed by atoms with E-state index in [2.05, 4.69) is 5.10 Å². The quantitative estimate of drug-likeness (QED) is 0.881. The van der Waals surface area contributed by atoms with Gasteiger partial charge >= 0.3 is 0 Å². The largest absolute Gasteiger partial charge is 0.396 e. The van der Waals surface area contributed by atoms with Crippen LogP contribution in [0.5, 0.6) is 0 Å². The maximum Gasteiger partial charge on any atom is 0.270 e. The van der Waals surface area contributed by atoms with Gasteiger partial charge in [0.05, 0.1) is 18.2 Å². The first-order chi connectivity index (χ1) is 12.3. The molecule has 0 saturated carbocycles. The summed E-state index contributed by atoms with van der Waals surface area (Å²) in [6.07, 6.45) is -0.352. The molecule has 2 heterocycles. The molecule has 0 spiro atoms. The van der Waals surface area contributed by atoms with Gasteiger partial charge < -0.3 is 10.0 Å². The van der Waals surface area contributed by atoms with Crippen LogP contribution in [0.25, 0.3) is 0 Å². The van der Waals surface area contributed by atoms with E-state index < -0.39 is 36.8 Å². The van der Waals surface area contributed by atoms with E-state index in [1.165, 1.54) is 16.8 Å². The Balaban J connectivity index is 1.80. The number of ketones is 1. The highest BCUT2D eigenvalue weighted by molar-refractivity contribution is 6.40. The number of halogens is 2. The van der Waals surface area contributed by atoms with Crippen molar-refractivity contribution in [3.8, 4) is 0 Å². The van der Waals surface area contributed by atoms with Crippen LogP contribution >= 0.6 is 0 Å². The smallest absolute Gasteiger partial charge is 0.270 e. The number of nitrogens with zero attached hydrogens (tertiary/aromatic N) is 3. The van der Waals surface area contributed by atoms with E-state index in [4.69, 9.17) is 0 Å². The van der Waals surface area contributed by atoms with Crippen molar-refractivity contribution in [1.29, 1.82) is 0 Å². The van der Waals surface area contributed by atoms with Crippen LogP contribution in [0.1, 0.15) is 19.8 Å². The van der Waals surface area contributed by atoms with E-state index in [0.717, 1.165) is 0 Å². The summed E-state index contributed by atoms with van der Waals surface area (Å²) in [4.78, 5) is 26.0. The number of hydrazone groups is 1. The van der Waals surface area contributed by atoms with Gasteiger partial charge in [-0.05, 0) is 19.1 Å². The van der Waals surface area contributed by atoms with Crippen molar-refractivity contribution in [2.24, 2.45) is 11.0 Å². The van der Waals surface area contributed by atoms with Crippen molar-refractivity contribution in [2.45, 2.75) is 31.7 Å². The number of anilines is 1. The Morgan fingerprint density at radius 1 is 1.31 bits per heavy atom. The fraction of sp³-hybridized carbons (Fsp3) is 0.500. The summed E-state index contributed by atoms with van der Waals surface area (Å²) < 4.78 is 27.5. The lowest BCUT2D eigenvalue weighted by atomic mass is 9.93. The molecule has 0 aliphatic carbocycles. The van der Waals surface area contributed by atoms with E-state index >= 15 is 0 Å². The minimum Gasteiger partial charge on any atom is -0.396 e. The van der Waals surface area contributed by atoms with Gasteiger partial charge in [0.15, 0.2) is 5.78 Å². The molecule has 8 heteroatoms. The van der Waals surface area contributed by atoms with Gasteiger partial charge in [0.1, 0.15) is 11.8 Å². The Morgan fingerprint density at radius 3 is 2.62 bits per heavy atom. The molecule has 26 heavy (non-hydrogen) atoms. The number of piperidine rings is 1. The lowest BCUT2D eigenvalue weighted by Crippen LogP contribution is -2.52. The van der Waals surface area contributed by atoms with E-state index in [9.17, 15) is 23.5 Å². The first kappa shape index (κ1) is 18.4. The lowest BCUT2D eigenvalue weighted by Gasteiger charge is -2.37. The number of carbonyl (C=O) groups is 2. The zero-order chi connectivity index (χ0) is 18.9. The molecule has 2 atom stereocenters. The number of carbonyl (C=O) groups excluding carboxylic acids is 2. The summed E-state index contributed by atoms with van der Waals surface area (Å²) >= 11 is 0. The number of aliphatic hydroxyl groups is 1. The molecule has 2 aliphatic rings. The molecule has 1 aromatic carbocycles. The Morgan fingerprint density at radius 2 is 2.00 bits per heavy atom. The lowest BCUT2D eigenvalue weighted by molar-refractivity contribution is -0.143. The molecule has 1 saturated heterocycles. The topological polar surface area (TPSA) is 73.2 Å². The molecule has 1 N–H and O–H groups in total. The highest BCUT2D eigenvalue weighted by Gasteiger charge is 2.46. The molecule has 0 radical (unpaired) electrons. The van der Waals surface area contributed by atoms with Crippen LogP contribution in [0.2, 0.25) is 0 Å². The van der Waals surface area contributed by atoms with Gasteiger partial charge in [-0.1, -0.05) is 18.2 Å². The third kappa shape index (κ3) is 3.46. The van der Waals surface area contributed by atoms with Crippen molar-refractivity contribution in [2.75, 3.05) is 24.7 Å². The molecule has 2 aliphatic heterocycles. The van der Waals surface area contributed by atoms with Gasteiger partial charge in [-0.15, -0.1) is 0 Å². The number of Topliss-reactive ketones (excluding diaryl/α,β-unsaturated/α-hetero) is 1. The zero-order valence-corrected chi connectivity index (χ0v) is 14.4. The molecule has 0 bridgehead atoms. The van der Waals surface area contributed by atoms with Crippen LogP contribution in [0, 0.1) is 5.92 Å². The van der Waals surface area contributed by atoms with Crippen molar-refractivity contribution >= 4 is 23.1 Å². The predicted octanol–water partition coefficient (Wildman–Crippen LogP) is 1.69. The summed E-state index contributed by atoms with van der Waals surface area (Å²) in [7, 11) is 0. The maximum atomic E-state index is 13.8. The maximum absolute atomic E-state index is 13.8. The molecular formula is C18H21F2N3O3. The number of para-hydroxylation sites is 1. The van der Waals surface area contributed by atoms with Crippen molar-refractivity contribution in [3.63, 3.8) is 0 Å². The first-order valence-corrected chi connectivity index (χ1v) is 8.53. The average Bonchev–Trinajstić information content (AvgIpc) is 3.07. The summed E-state index contributed by atoms with van der Waals surface area (Å²) in [5.41, 5.74) is 0.866. The predicted molar refractivity (Wildman–Crippen MR) is 92.2 cm³/mol. The van der Waals surface area contributed by atoms with Crippen LogP contribution in [-0.4, -0.2) is 59.1 Å². The summed E-state index contributed by atoms with van der Waals surface area (Å²) in [6, 6.07) is 8.44. The van der Waals surface area contributed by atoms with Crippen molar-refractivity contribution in [1.82, 2.24) is 4.90 Å². The molecule has 1 aromatic rings. The standard InChI is InChI=1S/C18H21F2N3O3/c1-12(25)16-9-15(21-23(16)14-5-3-2-4-6-14)17(26)22-8-7-18(19,20)13(10-22)11-24/h2-6,13,16,24H,7-11H2,1H3/t13-,16-/m0/s1. The minimum atomic E-state index is -2.99. The van der Waals surface area contributed by atoms with Gasteiger partial charge in [-0.3, -0.25) is 14.6 Å². The average molecular weight is 365 g/mol. The number of rotatable bonds is 4. The third-order valence-corrected chi connectivity index (χ3v) is 4.91. The summed E-state index contributed by atoms with van der Waals surface area (Å²) in [6.45, 7) is 0.428. The SMILES string of the molecule is CC(=O)[C@@H]1CC(C(=O)N2CCC(F)(F)[C@H](CO)C2)=NN1c1ccccc1. The summed E-state index contributed by atoms with van der Waals surface area (Å²) in [5.74, 6) is -4.85. The van der Waals surface area contributed by atoms with E-state index in [1.807, 2.05) is 6.07 Å². The molecule has 0 aromatic heterocycles. The van der Waals surface area contributed by atoms with Crippen LogP contribution in [0.4, 0.5) is 14.5 Å². The second-order valence-electron chi connectivity index (χ2n) is 6.70. The van der Waals surface area contributed by atoms with Crippen LogP contribution in [0.3, 0.4) is 0 Å². The number of alkyl halides is 2. The fourth-order valence-electron chi connectivity index (χ4n) is 3.31. The molecular weight excluding hydrogens is 344 g/mol. The number of aliphatic hydroxyl groups excluding tert-OH is 1. The van der Waals surface area contributed by atoms with Crippen LogP contribution in [0.15, 0.2) is 35.4 Å². The molecule has 1 amide bonds. The number of benzene rings is 1. The number of hydrogen-bond acceptors (Lipinski definition) is 5. The van der Waals surface area contributed by atoms with Gasteiger partial charge in [-0.25, -0.2) is 8.78 Å². The van der Waals surface area contributed by atoms with E-state index in [1.54, 1.807) is 24.3 Å². The molecule has 0 unspecified atom stereocenters.